The summed E-state index contributed by atoms with van der Waals surface area (Å²) in [6, 6.07) is 5.09. The lowest BCUT2D eigenvalue weighted by Gasteiger charge is -2.08. The largest absolute Gasteiger partial charge is 0.463 e. The molecule has 2 aromatic heterocycles. The molecule has 0 saturated heterocycles. The van der Waals surface area contributed by atoms with E-state index in [4.69, 9.17) is 8.83 Å². The summed E-state index contributed by atoms with van der Waals surface area (Å²) >= 11 is 0. The molecular formula is C21H36N4O2. The SMILES string of the molecule is CCNCc1cc(-c2cc(CNC(C)C)oc2CNC)c(CNC(C)C)o1. The van der Waals surface area contributed by atoms with Gasteiger partial charge >= 0.3 is 0 Å². The maximum Gasteiger partial charge on any atom is 0.125 e. The first-order valence-electron chi connectivity index (χ1n) is 10.00. The van der Waals surface area contributed by atoms with Crippen LogP contribution >= 0.6 is 0 Å². The van der Waals surface area contributed by atoms with E-state index in [1.807, 2.05) is 7.05 Å². The Labute approximate surface area is 163 Å². The molecule has 152 valence electrons. The molecule has 0 atom stereocenters. The molecule has 0 radical (unpaired) electrons. The Morgan fingerprint density at radius 3 is 1.81 bits per heavy atom. The molecule has 0 fully saturated rings. The fourth-order valence-corrected chi connectivity index (χ4v) is 2.87. The van der Waals surface area contributed by atoms with Crippen molar-refractivity contribution in [1.29, 1.82) is 0 Å². The minimum Gasteiger partial charge on any atom is -0.463 e. The van der Waals surface area contributed by atoms with Gasteiger partial charge in [0, 0.05) is 23.2 Å². The van der Waals surface area contributed by atoms with Crippen LogP contribution in [-0.4, -0.2) is 25.7 Å². The van der Waals surface area contributed by atoms with Crippen molar-refractivity contribution in [2.75, 3.05) is 13.6 Å². The van der Waals surface area contributed by atoms with E-state index >= 15 is 0 Å². The van der Waals surface area contributed by atoms with Gasteiger partial charge in [0.2, 0.25) is 0 Å². The molecule has 0 aliphatic rings. The Hall–Kier alpha value is -1.60. The van der Waals surface area contributed by atoms with Crippen LogP contribution in [0.1, 0.15) is 57.7 Å². The second-order valence-corrected chi connectivity index (χ2v) is 7.48. The Kier molecular flexibility index (Phi) is 8.57. The fourth-order valence-electron chi connectivity index (χ4n) is 2.87. The van der Waals surface area contributed by atoms with Gasteiger partial charge in [-0.15, -0.1) is 0 Å². The molecule has 0 unspecified atom stereocenters. The molecule has 0 aliphatic carbocycles. The molecule has 0 spiro atoms. The van der Waals surface area contributed by atoms with Crippen LogP contribution in [0, 0.1) is 0 Å². The Bertz CT molecular complexity index is 688. The molecular weight excluding hydrogens is 340 g/mol. The highest BCUT2D eigenvalue weighted by molar-refractivity contribution is 5.69. The lowest BCUT2D eigenvalue weighted by Crippen LogP contribution is -2.21. The highest BCUT2D eigenvalue weighted by Gasteiger charge is 2.20. The van der Waals surface area contributed by atoms with Gasteiger partial charge in [-0.3, -0.25) is 0 Å². The van der Waals surface area contributed by atoms with Crippen molar-refractivity contribution >= 4 is 0 Å². The van der Waals surface area contributed by atoms with E-state index < -0.39 is 0 Å². The second-order valence-electron chi connectivity index (χ2n) is 7.48. The highest BCUT2D eigenvalue weighted by atomic mass is 16.3. The minimum atomic E-state index is 0.395. The van der Waals surface area contributed by atoms with Gasteiger partial charge in [0.15, 0.2) is 0 Å². The monoisotopic (exact) mass is 376 g/mol. The predicted molar refractivity (Wildman–Crippen MR) is 111 cm³/mol. The van der Waals surface area contributed by atoms with Crippen LogP contribution in [0.25, 0.3) is 11.1 Å². The van der Waals surface area contributed by atoms with E-state index in [-0.39, 0.29) is 0 Å². The summed E-state index contributed by atoms with van der Waals surface area (Å²) in [5.41, 5.74) is 2.22. The summed E-state index contributed by atoms with van der Waals surface area (Å²) in [5.74, 6) is 3.80. The number of furan rings is 2. The number of hydrogen-bond acceptors (Lipinski definition) is 6. The number of nitrogens with one attached hydrogen (secondary N) is 4. The van der Waals surface area contributed by atoms with Crippen molar-refractivity contribution in [2.24, 2.45) is 0 Å². The van der Waals surface area contributed by atoms with Gasteiger partial charge in [0.25, 0.3) is 0 Å². The molecule has 0 saturated carbocycles. The molecule has 6 heteroatoms. The van der Waals surface area contributed by atoms with Crippen LogP contribution in [-0.2, 0) is 26.2 Å². The molecule has 2 aromatic rings. The van der Waals surface area contributed by atoms with Crippen molar-refractivity contribution < 1.29 is 8.83 Å². The first-order valence-corrected chi connectivity index (χ1v) is 10.00. The fraction of sp³-hybridized carbons (Fsp3) is 0.619. The summed E-state index contributed by atoms with van der Waals surface area (Å²) in [6.07, 6.45) is 0. The van der Waals surface area contributed by atoms with Gasteiger partial charge in [0.1, 0.15) is 23.0 Å². The van der Waals surface area contributed by atoms with Gasteiger partial charge < -0.3 is 30.1 Å². The van der Waals surface area contributed by atoms with Gasteiger partial charge in [-0.2, -0.15) is 0 Å². The zero-order valence-electron chi connectivity index (χ0n) is 17.7. The topological polar surface area (TPSA) is 74.4 Å². The number of hydrogen-bond donors (Lipinski definition) is 4. The lowest BCUT2D eigenvalue weighted by atomic mass is 10.1. The van der Waals surface area contributed by atoms with Crippen molar-refractivity contribution in [1.82, 2.24) is 21.3 Å². The van der Waals surface area contributed by atoms with Crippen LogP contribution in [0.2, 0.25) is 0 Å². The minimum absolute atomic E-state index is 0.395. The van der Waals surface area contributed by atoms with Crippen molar-refractivity contribution in [3.8, 4) is 11.1 Å². The summed E-state index contributed by atoms with van der Waals surface area (Å²) in [6.45, 7) is 14.4. The van der Waals surface area contributed by atoms with E-state index in [2.05, 4.69) is 68.0 Å². The van der Waals surface area contributed by atoms with E-state index in [9.17, 15) is 0 Å². The Morgan fingerprint density at radius 2 is 1.30 bits per heavy atom. The molecule has 4 N–H and O–H groups in total. The van der Waals surface area contributed by atoms with Crippen molar-refractivity contribution in [2.45, 2.75) is 72.9 Å². The molecule has 0 amide bonds. The van der Waals surface area contributed by atoms with E-state index in [0.29, 0.717) is 25.2 Å². The third-order valence-electron chi connectivity index (χ3n) is 4.25. The molecule has 0 aliphatic heterocycles. The molecule has 2 rings (SSSR count). The maximum atomic E-state index is 6.16. The summed E-state index contributed by atoms with van der Waals surface area (Å²) in [7, 11) is 1.94. The standard InChI is InChI=1S/C21H36N4O2/c1-7-23-10-16-8-19(21(26-16)13-25-15(4)5)18-9-17(11-24-14(2)3)27-20(18)12-22-6/h8-9,14-15,22-25H,7,10-13H2,1-6H3. The Morgan fingerprint density at radius 1 is 0.778 bits per heavy atom. The first-order chi connectivity index (χ1) is 12.9. The summed E-state index contributed by atoms with van der Waals surface area (Å²) in [5, 5.41) is 13.4. The van der Waals surface area contributed by atoms with Crippen LogP contribution < -0.4 is 21.3 Å². The molecule has 2 heterocycles. The first kappa shape index (κ1) is 21.7. The number of rotatable bonds is 12. The average molecular weight is 377 g/mol. The quantitative estimate of drug-likeness (QED) is 0.455. The normalized spacial score (nSPS) is 11.9. The smallest absolute Gasteiger partial charge is 0.125 e. The van der Waals surface area contributed by atoms with Gasteiger partial charge in [-0.1, -0.05) is 34.6 Å². The average Bonchev–Trinajstić information content (AvgIpc) is 3.20. The Balaban J connectivity index is 2.35. The van der Waals surface area contributed by atoms with Crippen LogP contribution in [0.15, 0.2) is 21.0 Å². The zero-order chi connectivity index (χ0) is 19.8. The zero-order valence-corrected chi connectivity index (χ0v) is 17.7. The van der Waals surface area contributed by atoms with Crippen LogP contribution in [0.4, 0.5) is 0 Å². The van der Waals surface area contributed by atoms with Gasteiger partial charge in [-0.25, -0.2) is 0 Å². The molecule has 6 nitrogen and oxygen atoms in total. The molecule has 0 aromatic carbocycles. The van der Waals surface area contributed by atoms with E-state index in [0.717, 1.165) is 53.8 Å². The van der Waals surface area contributed by atoms with Gasteiger partial charge in [0.05, 0.1) is 26.2 Å². The van der Waals surface area contributed by atoms with E-state index in [1.165, 1.54) is 0 Å². The summed E-state index contributed by atoms with van der Waals surface area (Å²) < 4.78 is 12.3. The predicted octanol–water partition coefficient (Wildman–Crippen LogP) is 3.36. The molecule has 0 bridgehead atoms. The van der Waals surface area contributed by atoms with E-state index in [1.54, 1.807) is 0 Å². The van der Waals surface area contributed by atoms with Crippen LogP contribution in [0.3, 0.4) is 0 Å². The van der Waals surface area contributed by atoms with Crippen molar-refractivity contribution in [3.63, 3.8) is 0 Å². The third-order valence-corrected chi connectivity index (χ3v) is 4.25. The van der Waals surface area contributed by atoms with Gasteiger partial charge in [-0.05, 0) is 25.7 Å². The third kappa shape index (κ3) is 6.50. The van der Waals surface area contributed by atoms with Crippen molar-refractivity contribution in [3.05, 3.63) is 35.2 Å². The second kappa shape index (κ2) is 10.7. The summed E-state index contributed by atoms with van der Waals surface area (Å²) in [4.78, 5) is 0. The van der Waals surface area contributed by atoms with Crippen LogP contribution in [0.5, 0.6) is 0 Å². The highest BCUT2D eigenvalue weighted by Crippen LogP contribution is 2.33. The lowest BCUT2D eigenvalue weighted by molar-refractivity contribution is 0.424. The maximum absolute atomic E-state index is 6.16. The molecule has 27 heavy (non-hydrogen) atoms.